The number of carbonyl (C=O) groups excluding carboxylic acids is 11. The largest absolute Gasteiger partial charge is 0.508 e. The van der Waals surface area contributed by atoms with Crippen molar-refractivity contribution in [2.24, 2.45) is 28.1 Å². The third kappa shape index (κ3) is 24.5. The van der Waals surface area contributed by atoms with Crippen molar-refractivity contribution in [3.8, 4) is 5.75 Å². The van der Waals surface area contributed by atoms with Crippen LogP contribution in [0.15, 0.2) is 90.1 Å². The Kier molecular flexibility index (Phi) is 29.3. The molecule has 500 valence electrons. The van der Waals surface area contributed by atoms with Crippen LogP contribution in [0.3, 0.4) is 0 Å². The number of primary amides is 2. The first-order valence-corrected chi connectivity index (χ1v) is 29.4. The Labute approximate surface area is 529 Å². The summed E-state index contributed by atoms with van der Waals surface area (Å²) in [7, 11) is 1.48. The quantitative estimate of drug-likeness (QED) is 0.0105. The van der Waals surface area contributed by atoms with Crippen LogP contribution in [0, 0.1) is 5.92 Å². The van der Waals surface area contributed by atoms with E-state index in [0.29, 0.717) is 16.7 Å². The molecule has 12 amide bonds. The predicted molar refractivity (Wildman–Crippen MR) is 333 cm³/mol. The number of amides is 12. The number of aromatic amines is 1. The Balaban J connectivity index is 0.00000438. The number of nitrogens with zero attached hydrogens (tertiary/aromatic N) is 2. The number of carboxylic acid groups (broad SMARTS) is 1. The summed E-state index contributed by atoms with van der Waals surface area (Å²) in [6.07, 6.45) is -2.45. The van der Waals surface area contributed by atoms with Crippen molar-refractivity contribution < 1.29 is 78.0 Å². The molecule has 2 heterocycles. The lowest BCUT2D eigenvalue weighted by Crippen LogP contribution is -2.62. The lowest BCUT2D eigenvalue weighted by Gasteiger charge is -2.30. The number of benzene rings is 3. The van der Waals surface area contributed by atoms with Gasteiger partial charge in [0.1, 0.15) is 54.1 Å². The van der Waals surface area contributed by atoms with Crippen LogP contribution >= 0.6 is 0 Å². The highest BCUT2D eigenvalue weighted by Crippen LogP contribution is 2.23. The molecule has 0 aliphatic carbocycles. The summed E-state index contributed by atoms with van der Waals surface area (Å²) in [6.45, 7) is 6.78. The Morgan fingerprint density at radius 1 is 0.663 bits per heavy atom. The van der Waals surface area contributed by atoms with Crippen LogP contribution in [-0.4, -0.2) is 188 Å². The number of β-amino-alcohol motifs (C(OH)–C–C–N with tert-alkyl or cyclic N) is 1. The maximum absolute atomic E-state index is 14.1. The fraction of sp³-hybridized carbons (Fsp3) is 0.450. The number of hydrogen-bond acceptors (Lipinski definition) is 16. The van der Waals surface area contributed by atoms with Gasteiger partial charge in [-0.05, 0) is 67.0 Å². The van der Waals surface area contributed by atoms with E-state index in [1.807, 2.05) is 24.3 Å². The number of carbonyl (C=O) groups is 12. The maximum Gasteiger partial charge on any atom is 0.334 e. The Bertz CT molecular complexity index is 3250. The molecule has 32 heteroatoms. The van der Waals surface area contributed by atoms with Crippen LogP contribution in [0.5, 0.6) is 5.75 Å². The number of aliphatic hydroxyl groups is 2. The number of rotatable bonds is 30. The summed E-state index contributed by atoms with van der Waals surface area (Å²) in [5.74, 6) is -10.3. The number of fused-ring (bicyclic) bond motifs is 1. The Hall–Kier alpha value is -10.4. The third-order valence-electron chi connectivity index (χ3n) is 14.2. The molecule has 3 aromatic carbocycles. The normalized spacial score (nSPS) is 16.2. The molecule has 5 rings (SSSR count). The average Bonchev–Trinajstić information content (AvgIpc) is 2.76. The highest BCUT2D eigenvalue weighted by molar-refractivity contribution is 5.99. The van der Waals surface area contributed by atoms with Gasteiger partial charge in [-0.15, -0.1) is 0 Å². The van der Waals surface area contributed by atoms with E-state index in [1.54, 1.807) is 50.4 Å². The van der Waals surface area contributed by atoms with E-state index in [2.05, 4.69) is 63.4 Å². The minimum Gasteiger partial charge on any atom is -0.508 e. The molecule has 1 aliphatic rings. The fourth-order valence-corrected chi connectivity index (χ4v) is 9.74. The van der Waals surface area contributed by atoms with E-state index in [-0.39, 0.29) is 75.7 Å². The number of likely N-dealkylation sites (tertiary alicyclic amines) is 1. The number of H-pyrrole nitrogens is 1. The summed E-state index contributed by atoms with van der Waals surface area (Å²) in [4.78, 5) is 166. The second kappa shape index (κ2) is 36.3. The first-order chi connectivity index (χ1) is 43.5. The fourth-order valence-electron chi connectivity index (χ4n) is 9.74. The maximum atomic E-state index is 14.1. The lowest BCUT2D eigenvalue weighted by atomic mass is 10.0. The molecule has 0 radical (unpaired) electrons. The second-order valence-electron chi connectivity index (χ2n) is 22.3. The number of hydrogen-bond donors (Lipinski definition) is 18. The molecule has 0 bridgehead atoms. The minimum absolute atomic E-state index is 0.0122. The van der Waals surface area contributed by atoms with Crippen molar-refractivity contribution in [3.05, 3.63) is 102 Å². The van der Waals surface area contributed by atoms with Gasteiger partial charge in [0.15, 0.2) is 5.96 Å². The summed E-state index contributed by atoms with van der Waals surface area (Å²) in [5.41, 5.74) is 23.9. The van der Waals surface area contributed by atoms with E-state index in [4.69, 9.17) is 27.1 Å². The zero-order valence-electron chi connectivity index (χ0n) is 51.8. The van der Waals surface area contributed by atoms with Crippen molar-refractivity contribution in [3.63, 3.8) is 0 Å². The first kappa shape index (κ1) is 74.1. The highest BCUT2D eigenvalue weighted by Gasteiger charge is 2.43. The number of carboxylic acids is 1. The Morgan fingerprint density at radius 3 is 1.86 bits per heavy atom. The number of aliphatic hydroxyl groups excluding tert-OH is 2. The van der Waals surface area contributed by atoms with Crippen molar-refractivity contribution in [1.29, 1.82) is 0 Å². The summed E-state index contributed by atoms with van der Waals surface area (Å²) < 4.78 is 0. The van der Waals surface area contributed by atoms with Gasteiger partial charge in [0, 0.05) is 76.8 Å². The number of phenolic OH excluding ortho intramolecular Hbond substituents is 1. The van der Waals surface area contributed by atoms with Crippen LogP contribution in [0.25, 0.3) is 10.9 Å². The van der Waals surface area contributed by atoms with E-state index >= 15 is 0 Å². The number of guanidine groups is 1. The SMILES string of the molecule is CC(=O)O.CN=C(N)NCCCC(NC(=O)C(CC(C)C)NC(=O)NNC(=O)C(Cc1ccccc1)NC(=O)C(NC(=O)C(CC(N)=O)NC(=O)C1CC(O)CN1C(=O)C(Cc1ccc(O)cc1)NC(C)=O)C(C)O)C(=O)NC(Cc1c[nH]c2ccccc12)C(N)=O. The molecule has 4 aromatic rings. The van der Waals surface area contributed by atoms with Crippen LogP contribution in [0.2, 0.25) is 0 Å². The van der Waals surface area contributed by atoms with Gasteiger partial charge in [-0.1, -0.05) is 74.5 Å². The molecule has 1 aliphatic heterocycles. The second-order valence-corrected chi connectivity index (χ2v) is 22.3. The molecular formula is C60H84N16O16. The summed E-state index contributed by atoms with van der Waals surface area (Å²) in [5, 5.41) is 59.9. The molecule has 1 saturated heterocycles. The van der Waals surface area contributed by atoms with Crippen molar-refractivity contribution in [2.75, 3.05) is 20.1 Å². The molecule has 1 aromatic heterocycles. The topological polar surface area (TPSA) is 516 Å². The van der Waals surface area contributed by atoms with Crippen molar-refractivity contribution in [2.45, 2.75) is 147 Å². The zero-order chi connectivity index (χ0) is 68.4. The van der Waals surface area contributed by atoms with E-state index < -0.39 is 138 Å². The monoisotopic (exact) mass is 1280 g/mol. The summed E-state index contributed by atoms with van der Waals surface area (Å²) >= 11 is 0. The number of urea groups is 1. The molecule has 0 spiro atoms. The van der Waals surface area contributed by atoms with Gasteiger partial charge in [-0.3, -0.25) is 63.2 Å². The number of aliphatic carboxylic acids is 1. The van der Waals surface area contributed by atoms with Crippen LogP contribution in [-0.2, 0) is 72.0 Å². The Morgan fingerprint density at radius 2 is 1.25 bits per heavy atom. The molecule has 1 fully saturated rings. The molecule has 32 nitrogen and oxygen atoms in total. The molecule has 92 heavy (non-hydrogen) atoms. The number of nitrogens with two attached hydrogens (primary N) is 3. The zero-order valence-corrected chi connectivity index (χ0v) is 51.8. The number of aromatic hydroxyl groups is 1. The smallest absolute Gasteiger partial charge is 0.334 e. The van der Waals surface area contributed by atoms with E-state index in [0.717, 1.165) is 29.7 Å². The van der Waals surface area contributed by atoms with Crippen LogP contribution < -0.4 is 70.6 Å². The van der Waals surface area contributed by atoms with Crippen molar-refractivity contribution in [1.82, 2.24) is 63.3 Å². The first-order valence-electron chi connectivity index (χ1n) is 29.4. The van der Waals surface area contributed by atoms with Gasteiger partial charge in [-0.25, -0.2) is 10.2 Å². The van der Waals surface area contributed by atoms with Crippen LogP contribution in [0.4, 0.5) is 4.79 Å². The van der Waals surface area contributed by atoms with Gasteiger partial charge in [0.2, 0.25) is 53.2 Å². The number of aromatic nitrogens is 1. The molecule has 10 atom stereocenters. The van der Waals surface area contributed by atoms with Gasteiger partial charge in [0.05, 0.1) is 18.6 Å². The van der Waals surface area contributed by atoms with Gasteiger partial charge in [0.25, 0.3) is 11.9 Å². The number of hydrazine groups is 1. The van der Waals surface area contributed by atoms with Gasteiger partial charge < -0.3 is 90.0 Å². The predicted octanol–water partition coefficient (Wildman–Crippen LogP) is -3.32. The third-order valence-corrected chi connectivity index (χ3v) is 14.2. The van der Waals surface area contributed by atoms with Gasteiger partial charge >= 0.3 is 6.03 Å². The van der Waals surface area contributed by atoms with Crippen LogP contribution in [0.1, 0.15) is 83.4 Å². The molecule has 10 unspecified atom stereocenters. The standard InChI is InChI=1S/C58H80N16O14.C2H4O2/c1-30(2)22-42(51(82)66-40(16-11-21-63-57(61)62-5)50(81)67-41(49(60)80)25-35-28-64-39-15-10-9-14-38(35)39)70-58(88)73-72-53(84)43(23-33-12-7-6-8-13-33)69-55(86)48(31(3)75)71-52(83)44(27-47(59)79)68-54(85)46-26-37(78)29-74(46)56(87)45(65-32(4)76)24-34-17-19-36(77)20-18-34;1-2(3)4/h6-10,12-15,17-20,28,30-31,37,40-46,48,64,75,77-78H,11,16,21-27,29H2,1-5H3,(H2,59,79)(H2,60,80)(H,65,76)(H,66,82)(H,67,81)(H,68,85)(H,69,86)(H,71,83)(H,72,84)(H3,61,62,63)(H2,70,73,88);1H3,(H,3,4). The summed E-state index contributed by atoms with van der Waals surface area (Å²) in [6, 6.07) is 8.44. The molecular weight excluding hydrogens is 1200 g/mol. The van der Waals surface area contributed by atoms with E-state index in [1.165, 1.54) is 38.2 Å². The highest BCUT2D eigenvalue weighted by atomic mass is 16.4. The van der Waals surface area contributed by atoms with E-state index in [9.17, 15) is 68.1 Å². The van der Waals surface area contributed by atoms with Gasteiger partial charge in [-0.2, -0.15) is 0 Å². The number of para-hydroxylation sites is 1. The molecule has 21 N–H and O–H groups in total. The van der Waals surface area contributed by atoms with Crippen molar-refractivity contribution >= 4 is 87.9 Å². The lowest BCUT2D eigenvalue weighted by molar-refractivity contribution is -0.142. The minimum atomic E-state index is -1.89. The number of nitrogens with one attached hydrogen (secondary N) is 11. The number of aliphatic imine (C=N–C) groups is 1. The molecule has 0 saturated carbocycles. The average molecular weight is 1290 g/mol. The number of phenols is 1.